The number of hydrogen-bond donors (Lipinski definition) is 4. The van der Waals surface area contributed by atoms with Gasteiger partial charge < -0.3 is 30.2 Å². The smallest absolute Gasteiger partial charge is 0.436 e. The second-order valence-corrected chi connectivity index (χ2v) is 7.32. The molecule has 1 unspecified atom stereocenters. The third-order valence-corrected chi connectivity index (χ3v) is 4.31. The Bertz CT molecular complexity index is 712. The van der Waals surface area contributed by atoms with Crippen LogP contribution in [0, 0.1) is 0 Å². The molecule has 220 valence electrons. The van der Waals surface area contributed by atoms with E-state index in [-0.39, 0.29) is 32.4 Å². The number of amides is 5. The number of methoxy groups -OCH3 is 1. The largest absolute Gasteiger partial charge is 0.447 e. The van der Waals surface area contributed by atoms with Crippen molar-refractivity contribution >= 4 is 29.7 Å². The van der Waals surface area contributed by atoms with Crippen LogP contribution in [-0.2, 0) is 53.1 Å². The predicted molar refractivity (Wildman–Crippen MR) is 127 cm³/mol. The molecule has 0 bridgehead atoms. The number of ether oxygens (including phenoxy) is 3. The van der Waals surface area contributed by atoms with Gasteiger partial charge in [-0.1, -0.05) is 6.92 Å². The molecule has 4 N–H and O–H groups in total. The zero-order valence-electron chi connectivity index (χ0n) is 22.2. The van der Waals surface area contributed by atoms with Gasteiger partial charge in [0.1, 0.15) is 19.2 Å². The second-order valence-electron chi connectivity index (χ2n) is 7.32. The summed E-state index contributed by atoms with van der Waals surface area (Å²) < 4.78 is 15.1. The van der Waals surface area contributed by atoms with E-state index in [0.717, 1.165) is 7.11 Å². The molecule has 0 aromatic rings. The number of carbonyl (C=O) groups excluding carboxylic acids is 5. The average molecular weight is 554 g/mol. The second kappa shape index (κ2) is 23.1. The van der Waals surface area contributed by atoms with E-state index < -0.39 is 48.9 Å². The van der Waals surface area contributed by atoms with Gasteiger partial charge in [0.25, 0.3) is 0 Å². The van der Waals surface area contributed by atoms with Gasteiger partial charge in [0.2, 0.25) is 23.6 Å². The molecule has 0 spiro atoms. The Morgan fingerprint density at radius 1 is 0.816 bits per heavy atom. The van der Waals surface area contributed by atoms with Crippen molar-refractivity contribution in [3.8, 4) is 0 Å². The number of carbonyl (C=O) groups is 5. The van der Waals surface area contributed by atoms with Gasteiger partial charge in [-0.05, 0) is 12.8 Å². The first-order valence-corrected chi connectivity index (χ1v) is 11.8. The summed E-state index contributed by atoms with van der Waals surface area (Å²) in [6.45, 7) is 2.50. The molecular weight excluding hydrogens is 514 g/mol. The fourth-order valence-electron chi connectivity index (χ4n) is 2.53. The summed E-state index contributed by atoms with van der Waals surface area (Å²) in [5, 5.41) is 8.18. The number of hydroxylamine groups is 3. The molecule has 0 aromatic carbocycles. The molecule has 38 heavy (non-hydrogen) atoms. The van der Waals surface area contributed by atoms with Gasteiger partial charge in [0.15, 0.2) is 0 Å². The first-order valence-electron chi connectivity index (χ1n) is 11.8. The van der Waals surface area contributed by atoms with E-state index in [0.29, 0.717) is 31.2 Å². The summed E-state index contributed by atoms with van der Waals surface area (Å²) >= 11 is 0. The Morgan fingerprint density at radius 3 is 2.24 bits per heavy atom. The van der Waals surface area contributed by atoms with Gasteiger partial charge >= 0.3 is 6.09 Å². The Labute approximate surface area is 220 Å². The number of hydrogen-bond acceptors (Lipinski definition) is 12. The van der Waals surface area contributed by atoms with E-state index in [1.807, 2.05) is 12.4 Å². The van der Waals surface area contributed by atoms with Crippen LogP contribution in [-0.4, -0.2) is 108 Å². The highest BCUT2D eigenvalue weighted by Gasteiger charge is 2.24. The van der Waals surface area contributed by atoms with Crippen LogP contribution in [0.25, 0.3) is 0 Å². The molecule has 0 saturated heterocycles. The van der Waals surface area contributed by atoms with Gasteiger partial charge in [-0.25, -0.2) is 20.0 Å². The monoisotopic (exact) mass is 553 g/mol. The average Bonchev–Trinajstić information content (AvgIpc) is 2.89. The number of rotatable bonds is 22. The fraction of sp³-hybridized carbons (Fsp3) is 0.762. The normalized spacial score (nSPS) is 11.3. The zero-order valence-corrected chi connectivity index (χ0v) is 22.2. The molecule has 0 heterocycles. The molecule has 0 aliphatic carbocycles. The molecule has 0 saturated carbocycles. The minimum Gasteiger partial charge on any atom is -0.447 e. The maximum atomic E-state index is 12.6. The van der Waals surface area contributed by atoms with Crippen LogP contribution in [0.15, 0.2) is 0 Å². The van der Waals surface area contributed by atoms with Crippen molar-refractivity contribution in [3.05, 3.63) is 0 Å². The summed E-state index contributed by atoms with van der Waals surface area (Å²) in [6, 6.07) is -1.08. The lowest BCUT2D eigenvalue weighted by Gasteiger charge is -2.19. The van der Waals surface area contributed by atoms with E-state index >= 15 is 0 Å². The number of nitrogens with zero attached hydrogens (tertiary/aromatic N) is 1. The van der Waals surface area contributed by atoms with E-state index in [1.165, 1.54) is 14.2 Å². The Morgan fingerprint density at radius 2 is 1.58 bits per heavy atom. The molecular formula is C21H39N5O12. The van der Waals surface area contributed by atoms with Crippen LogP contribution < -0.4 is 21.4 Å². The minimum atomic E-state index is -1.08. The van der Waals surface area contributed by atoms with Crippen LogP contribution in [0.1, 0.15) is 32.6 Å². The lowest BCUT2D eigenvalue weighted by Crippen LogP contribution is -2.48. The van der Waals surface area contributed by atoms with Crippen molar-refractivity contribution in [2.75, 3.05) is 67.4 Å². The van der Waals surface area contributed by atoms with E-state index in [2.05, 4.69) is 35.7 Å². The summed E-state index contributed by atoms with van der Waals surface area (Å²) in [4.78, 5) is 78.4. The molecule has 17 heteroatoms. The van der Waals surface area contributed by atoms with Gasteiger partial charge in [-0.15, -0.1) is 15.0 Å². The van der Waals surface area contributed by atoms with E-state index in [1.54, 1.807) is 0 Å². The maximum absolute atomic E-state index is 12.6. The molecule has 0 fully saturated rings. The van der Waals surface area contributed by atoms with Crippen molar-refractivity contribution in [3.63, 3.8) is 0 Å². The van der Waals surface area contributed by atoms with Gasteiger partial charge in [-0.2, -0.15) is 0 Å². The zero-order chi connectivity index (χ0) is 28.6. The molecule has 0 rings (SSSR count). The van der Waals surface area contributed by atoms with Crippen molar-refractivity contribution in [1.29, 1.82) is 0 Å². The van der Waals surface area contributed by atoms with Gasteiger partial charge in [-0.3, -0.25) is 19.2 Å². The summed E-state index contributed by atoms with van der Waals surface area (Å²) in [7, 11) is 3.86. The standard InChI is InChI=1S/C21H39N5O12/c1-5-9-22-19(29)15-26(38-34-4)21(31)36-11-8-17(27)24-16(6-7-18(28)25-37-33-3)20(30)23-10-12-35-14-13-32-2/h16H,5-15H2,1-4H3,(H,22,29)(H,23,30)(H,24,27)(H,25,28). The van der Waals surface area contributed by atoms with Crippen molar-refractivity contribution < 1.29 is 57.9 Å². The molecule has 17 nitrogen and oxygen atoms in total. The van der Waals surface area contributed by atoms with Crippen molar-refractivity contribution in [2.45, 2.75) is 38.6 Å². The number of nitrogens with one attached hydrogen (secondary N) is 4. The van der Waals surface area contributed by atoms with Crippen molar-refractivity contribution in [1.82, 2.24) is 26.5 Å². The lowest BCUT2D eigenvalue weighted by atomic mass is 10.1. The summed E-state index contributed by atoms with van der Waals surface area (Å²) in [5.74, 6) is -2.28. The molecule has 5 amide bonds. The Balaban J connectivity index is 4.77. The fourth-order valence-corrected chi connectivity index (χ4v) is 2.53. The van der Waals surface area contributed by atoms with Crippen molar-refractivity contribution in [2.24, 2.45) is 0 Å². The maximum Gasteiger partial charge on any atom is 0.436 e. The van der Waals surface area contributed by atoms with Crippen LogP contribution in [0.2, 0.25) is 0 Å². The lowest BCUT2D eigenvalue weighted by molar-refractivity contribution is -0.392. The van der Waals surface area contributed by atoms with Crippen LogP contribution in [0.5, 0.6) is 0 Å². The van der Waals surface area contributed by atoms with E-state index in [9.17, 15) is 24.0 Å². The first-order chi connectivity index (χ1) is 18.3. The van der Waals surface area contributed by atoms with Crippen LogP contribution in [0.4, 0.5) is 4.79 Å². The SMILES string of the molecule is CCCNC(=O)CN(OOC)C(=O)OCCC(=O)NC(CCC(=O)NOOC)C(=O)NCCOCCOC. The van der Waals surface area contributed by atoms with Gasteiger partial charge in [0.05, 0.1) is 40.5 Å². The highest BCUT2D eigenvalue weighted by Crippen LogP contribution is 2.01. The molecule has 0 aliphatic rings. The minimum absolute atomic E-state index is 0.0663. The van der Waals surface area contributed by atoms with Crippen LogP contribution >= 0.6 is 0 Å². The Hall–Kier alpha value is -3.09. The Kier molecular flexibility index (Phi) is 21.2. The third kappa shape index (κ3) is 18.2. The predicted octanol–water partition coefficient (Wildman–Crippen LogP) is -1.51. The molecule has 0 aromatic heterocycles. The topological polar surface area (TPSA) is 201 Å². The van der Waals surface area contributed by atoms with Crippen LogP contribution in [0.3, 0.4) is 0 Å². The highest BCUT2D eigenvalue weighted by molar-refractivity contribution is 5.88. The van der Waals surface area contributed by atoms with E-state index in [4.69, 9.17) is 14.2 Å². The molecule has 1 atom stereocenters. The highest BCUT2D eigenvalue weighted by atomic mass is 17.3. The first kappa shape index (κ1) is 34.9. The molecule has 0 radical (unpaired) electrons. The molecule has 0 aliphatic heterocycles. The summed E-state index contributed by atoms with van der Waals surface area (Å²) in [6.07, 6.45) is -0.933. The van der Waals surface area contributed by atoms with Gasteiger partial charge in [0, 0.05) is 26.6 Å². The summed E-state index contributed by atoms with van der Waals surface area (Å²) in [5.41, 5.74) is 1.99. The quantitative estimate of drug-likeness (QED) is 0.0687. The third-order valence-electron chi connectivity index (χ3n) is 4.31.